The smallest absolute Gasteiger partial charge is 0.147 e. The van der Waals surface area contributed by atoms with Crippen molar-refractivity contribution in [3.63, 3.8) is 0 Å². The minimum Gasteiger partial charge on any atom is -0.355 e. The zero-order chi connectivity index (χ0) is 10.6. The molecule has 1 aromatic heterocycles. The molecule has 1 rings (SSSR count). The summed E-state index contributed by atoms with van der Waals surface area (Å²) in [6.45, 7) is 4.83. The fraction of sp³-hybridized carbons (Fsp3) is 0.300. The van der Waals surface area contributed by atoms with Crippen molar-refractivity contribution in [3.05, 3.63) is 35.5 Å². The van der Waals surface area contributed by atoms with Gasteiger partial charge < -0.3 is 10.6 Å². The Morgan fingerprint density at radius 1 is 1.71 bits per heavy atom. The van der Waals surface area contributed by atoms with Gasteiger partial charge in [0.2, 0.25) is 0 Å². The van der Waals surface area contributed by atoms with Crippen LogP contribution in [-0.4, -0.2) is 18.6 Å². The van der Waals surface area contributed by atoms with Crippen LogP contribution in [0, 0.1) is 0 Å². The van der Waals surface area contributed by atoms with E-state index in [0.29, 0.717) is 18.1 Å². The van der Waals surface area contributed by atoms with E-state index in [2.05, 4.69) is 11.6 Å². The Kier molecular flexibility index (Phi) is 3.92. The largest absolute Gasteiger partial charge is 0.355 e. The predicted octanol–water partition coefficient (Wildman–Crippen LogP) is 1.82. The van der Waals surface area contributed by atoms with E-state index in [1.54, 1.807) is 12.3 Å². The fourth-order valence-corrected chi connectivity index (χ4v) is 1.48. The van der Waals surface area contributed by atoms with Crippen LogP contribution in [0.25, 0.3) is 0 Å². The molecule has 0 saturated heterocycles. The third kappa shape index (κ3) is 2.47. The van der Waals surface area contributed by atoms with Crippen molar-refractivity contribution in [3.8, 4) is 0 Å². The highest BCUT2D eigenvalue weighted by Gasteiger charge is 2.06. The van der Waals surface area contributed by atoms with Crippen molar-refractivity contribution in [1.82, 2.24) is 4.98 Å². The third-order valence-electron chi connectivity index (χ3n) is 1.88. The van der Waals surface area contributed by atoms with Gasteiger partial charge in [0.1, 0.15) is 5.82 Å². The number of pyridine rings is 1. The molecule has 0 spiro atoms. The molecule has 14 heavy (non-hydrogen) atoms. The summed E-state index contributed by atoms with van der Waals surface area (Å²) >= 11 is 6.04. The van der Waals surface area contributed by atoms with Crippen molar-refractivity contribution < 1.29 is 0 Å². The monoisotopic (exact) mass is 211 g/mol. The standard InChI is InChI=1S/C10H14ClN3/c1-3-4-14(2)10-9(11)5-8(6-12)7-13-10/h3,5,7H,1,4,6,12H2,2H3. The normalized spacial score (nSPS) is 9.93. The molecule has 0 amide bonds. The average Bonchev–Trinajstić information content (AvgIpc) is 2.17. The van der Waals surface area contributed by atoms with E-state index in [1.807, 2.05) is 18.0 Å². The quantitative estimate of drug-likeness (QED) is 0.773. The van der Waals surface area contributed by atoms with E-state index in [4.69, 9.17) is 17.3 Å². The minimum absolute atomic E-state index is 0.457. The first-order valence-electron chi connectivity index (χ1n) is 4.35. The molecule has 0 saturated carbocycles. The minimum atomic E-state index is 0.457. The second-order valence-corrected chi connectivity index (χ2v) is 3.43. The lowest BCUT2D eigenvalue weighted by atomic mass is 10.3. The number of anilines is 1. The maximum atomic E-state index is 6.04. The first-order chi connectivity index (χ1) is 6.69. The highest BCUT2D eigenvalue weighted by Crippen LogP contribution is 2.22. The molecule has 0 aromatic carbocycles. The van der Waals surface area contributed by atoms with Crippen LogP contribution in [-0.2, 0) is 6.54 Å². The Labute approximate surface area is 89.2 Å². The Morgan fingerprint density at radius 3 is 2.93 bits per heavy atom. The number of halogens is 1. The zero-order valence-corrected chi connectivity index (χ0v) is 8.96. The average molecular weight is 212 g/mol. The lowest BCUT2D eigenvalue weighted by Gasteiger charge is -2.17. The highest BCUT2D eigenvalue weighted by atomic mass is 35.5. The number of hydrogen-bond acceptors (Lipinski definition) is 3. The molecular formula is C10H14ClN3. The summed E-state index contributed by atoms with van der Waals surface area (Å²) in [6.07, 6.45) is 3.54. The first-order valence-corrected chi connectivity index (χ1v) is 4.73. The topological polar surface area (TPSA) is 42.2 Å². The summed E-state index contributed by atoms with van der Waals surface area (Å²) in [5.74, 6) is 0.753. The zero-order valence-electron chi connectivity index (χ0n) is 8.20. The highest BCUT2D eigenvalue weighted by molar-refractivity contribution is 6.33. The molecule has 0 aliphatic rings. The van der Waals surface area contributed by atoms with E-state index in [1.165, 1.54) is 0 Å². The molecular weight excluding hydrogens is 198 g/mol. The fourth-order valence-electron chi connectivity index (χ4n) is 1.14. The maximum Gasteiger partial charge on any atom is 0.147 e. The van der Waals surface area contributed by atoms with Gasteiger partial charge in [-0.3, -0.25) is 0 Å². The molecule has 0 atom stereocenters. The lowest BCUT2D eigenvalue weighted by molar-refractivity contribution is 0.974. The van der Waals surface area contributed by atoms with Gasteiger partial charge in [0.15, 0.2) is 0 Å². The van der Waals surface area contributed by atoms with Crippen molar-refractivity contribution in [2.24, 2.45) is 5.73 Å². The van der Waals surface area contributed by atoms with Gasteiger partial charge in [-0.1, -0.05) is 17.7 Å². The van der Waals surface area contributed by atoms with E-state index in [0.717, 1.165) is 11.4 Å². The van der Waals surface area contributed by atoms with Gasteiger partial charge in [0, 0.05) is 26.3 Å². The number of hydrogen-bond donors (Lipinski definition) is 1. The van der Waals surface area contributed by atoms with Gasteiger partial charge in [-0.2, -0.15) is 0 Å². The van der Waals surface area contributed by atoms with Gasteiger partial charge >= 0.3 is 0 Å². The molecule has 76 valence electrons. The molecule has 0 unspecified atom stereocenters. The maximum absolute atomic E-state index is 6.04. The third-order valence-corrected chi connectivity index (χ3v) is 2.16. The van der Waals surface area contributed by atoms with Crippen LogP contribution < -0.4 is 10.6 Å². The van der Waals surface area contributed by atoms with E-state index < -0.39 is 0 Å². The Bertz CT molecular complexity index is 325. The molecule has 0 aliphatic heterocycles. The molecule has 2 N–H and O–H groups in total. The summed E-state index contributed by atoms with van der Waals surface area (Å²) in [5, 5.41) is 0.623. The molecule has 1 heterocycles. The van der Waals surface area contributed by atoms with Crippen LogP contribution in [0.1, 0.15) is 5.56 Å². The SMILES string of the molecule is C=CCN(C)c1ncc(CN)cc1Cl. The van der Waals surface area contributed by atoms with Gasteiger partial charge in [0.05, 0.1) is 5.02 Å². The second-order valence-electron chi connectivity index (χ2n) is 3.02. The number of rotatable bonds is 4. The number of aromatic nitrogens is 1. The molecule has 0 radical (unpaired) electrons. The molecule has 1 aromatic rings. The van der Waals surface area contributed by atoms with Crippen LogP contribution >= 0.6 is 11.6 Å². The van der Waals surface area contributed by atoms with Crippen molar-refractivity contribution in [2.45, 2.75) is 6.54 Å². The first kappa shape index (κ1) is 11.0. The van der Waals surface area contributed by atoms with Crippen LogP contribution in [0.2, 0.25) is 5.02 Å². The summed E-state index contributed by atoms with van der Waals surface area (Å²) in [5.41, 5.74) is 6.41. The van der Waals surface area contributed by atoms with Gasteiger partial charge in [-0.25, -0.2) is 4.98 Å². The van der Waals surface area contributed by atoms with E-state index >= 15 is 0 Å². The van der Waals surface area contributed by atoms with Crippen LogP contribution in [0.15, 0.2) is 24.9 Å². The summed E-state index contributed by atoms with van der Waals surface area (Å²) < 4.78 is 0. The van der Waals surface area contributed by atoms with Crippen molar-refractivity contribution in [2.75, 3.05) is 18.5 Å². The van der Waals surface area contributed by atoms with Crippen LogP contribution in [0.4, 0.5) is 5.82 Å². The predicted molar refractivity (Wildman–Crippen MR) is 60.6 cm³/mol. The number of likely N-dealkylation sites (N-methyl/N-ethyl adjacent to an activating group) is 1. The van der Waals surface area contributed by atoms with E-state index in [9.17, 15) is 0 Å². The second kappa shape index (κ2) is 4.98. The Hall–Kier alpha value is -1.06. The Balaban J connectivity index is 2.93. The summed E-state index contributed by atoms with van der Waals surface area (Å²) in [7, 11) is 1.91. The van der Waals surface area contributed by atoms with Gasteiger partial charge in [0.25, 0.3) is 0 Å². The molecule has 3 nitrogen and oxygen atoms in total. The molecule has 0 aliphatic carbocycles. The summed E-state index contributed by atoms with van der Waals surface area (Å²) in [6, 6.07) is 1.84. The summed E-state index contributed by atoms with van der Waals surface area (Å²) in [4.78, 5) is 6.16. The van der Waals surface area contributed by atoms with Gasteiger partial charge in [-0.15, -0.1) is 6.58 Å². The van der Waals surface area contributed by atoms with Crippen LogP contribution in [0.3, 0.4) is 0 Å². The lowest BCUT2D eigenvalue weighted by Crippen LogP contribution is -2.18. The van der Waals surface area contributed by atoms with E-state index in [-0.39, 0.29) is 0 Å². The van der Waals surface area contributed by atoms with Crippen LogP contribution in [0.5, 0.6) is 0 Å². The molecule has 0 fully saturated rings. The van der Waals surface area contributed by atoms with Crippen molar-refractivity contribution >= 4 is 17.4 Å². The molecule has 4 heteroatoms. The Morgan fingerprint density at radius 2 is 2.43 bits per heavy atom. The number of nitrogens with two attached hydrogens (primary N) is 1. The molecule has 0 bridgehead atoms. The van der Waals surface area contributed by atoms with Gasteiger partial charge in [-0.05, 0) is 11.6 Å². The van der Waals surface area contributed by atoms with Crippen molar-refractivity contribution in [1.29, 1.82) is 0 Å². The number of nitrogens with zero attached hydrogens (tertiary/aromatic N) is 2.